The molecule has 0 amide bonds. The van der Waals surface area contributed by atoms with E-state index in [9.17, 15) is 14.7 Å². The van der Waals surface area contributed by atoms with Gasteiger partial charge in [0.25, 0.3) is 0 Å². The van der Waals surface area contributed by atoms with Gasteiger partial charge in [-0.05, 0) is 6.07 Å². The number of carbonyl (C=O) groups excluding carboxylic acids is 1. The number of esters is 1. The number of hydrogen-bond donors (Lipinski definition) is 2. The van der Waals surface area contributed by atoms with Crippen molar-refractivity contribution in [3.8, 4) is 11.5 Å². The maximum absolute atomic E-state index is 11.3. The molecule has 1 atom stereocenters. The molecule has 6 nitrogen and oxygen atoms in total. The molecule has 84 valence electrons. The van der Waals surface area contributed by atoms with Crippen molar-refractivity contribution in [1.82, 2.24) is 0 Å². The minimum absolute atomic E-state index is 0.106. The molecule has 0 aliphatic carbocycles. The standard InChI is InChI=1S/C10H8O6/c1-15-4-2-5-7(6(11)3-4)10(14)16-8(5)9(12)13/h2-3,8,11H,1H3,(H,12,13). The number of carbonyl (C=O) groups is 2. The average molecular weight is 224 g/mol. The fourth-order valence-electron chi connectivity index (χ4n) is 1.58. The van der Waals surface area contributed by atoms with E-state index in [4.69, 9.17) is 9.84 Å². The summed E-state index contributed by atoms with van der Waals surface area (Å²) in [6, 6.07) is 2.59. The molecule has 1 heterocycles. The number of ether oxygens (including phenoxy) is 2. The van der Waals surface area contributed by atoms with Crippen LogP contribution in [0.2, 0.25) is 0 Å². The highest BCUT2D eigenvalue weighted by atomic mass is 16.6. The van der Waals surface area contributed by atoms with Gasteiger partial charge in [0, 0.05) is 11.6 Å². The van der Waals surface area contributed by atoms with Crippen molar-refractivity contribution in [2.45, 2.75) is 6.10 Å². The minimum Gasteiger partial charge on any atom is -0.507 e. The Bertz CT molecular complexity index is 478. The maximum Gasteiger partial charge on any atom is 0.349 e. The predicted octanol–water partition coefficient (Wildman–Crippen LogP) is 0.697. The topological polar surface area (TPSA) is 93.1 Å². The van der Waals surface area contributed by atoms with Gasteiger partial charge in [0.15, 0.2) is 0 Å². The molecule has 1 aliphatic rings. The molecule has 0 saturated carbocycles. The second kappa shape index (κ2) is 3.41. The van der Waals surface area contributed by atoms with Crippen molar-refractivity contribution < 1.29 is 29.3 Å². The summed E-state index contributed by atoms with van der Waals surface area (Å²) in [5.41, 5.74) is -0.0115. The minimum atomic E-state index is -1.39. The smallest absolute Gasteiger partial charge is 0.349 e. The number of carboxylic acid groups (broad SMARTS) is 1. The summed E-state index contributed by atoms with van der Waals surface area (Å²) in [4.78, 5) is 22.1. The van der Waals surface area contributed by atoms with Crippen LogP contribution in [0.3, 0.4) is 0 Å². The van der Waals surface area contributed by atoms with E-state index >= 15 is 0 Å². The van der Waals surface area contributed by atoms with E-state index in [2.05, 4.69) is 4.74 Å². The third-order valence-corrected chi connectivity index (χ3v) is 2.29. The van der Waals surface area contributed by atoms with Crippen molar-refractivity contribution in [3.63, 3.8) is 0 Å². The summed E-state index contributed by atoms with van der Waals surface area (Å²) >= 11 is 0. The van der Waals surface area contributed by atoms with Crippen LogP contribution >= 0.6 is 0 Å². The lowest BCUT2D eigenvalue weighted by molar-refractivity contribution is -0.146. The second-order valence-corrected chi connectivity index (χ2v) is 3.23. The first-order valence-corrected chi connectivity index (χ1v) is 4.39. The Balaban J connectivity index is 2.62. The van der Waals surface area contributed by atoms with E-state index in [1.165, 1.54) is 19.2 Å². The Morgan fingerprint density at radius 1 is 1.50 bits per heavy atom. The van der Waals surface area contributed by atoms with Gasteiger partial charge >= 0.3 is 11.9 Å². The molecule has 16 heavy (non-hydrogen) atoms. The van der Waals surface area contributed by atoms with Crippen molar-refractivity contribution in [2.75, 3.05) is 7.11 Å². The van der Waals surface area contributed by atoms with E-state index < -0.39 is 18.0 Å². The number of fused-ring (bicyclic) bond motifs is 1. The normalized spacial score (nSPS) is 17.8. The average Bonchev–Trinajstić information content (AvgIpc) is 2.56. The van der Waals surface area contributed by atoms with Gasteiger partial charge in [0.2, 0.25) is 6.10 Å². The molecule has 1 aliphatic heterocycles. The molecule has 0 fully saturated rings. The third-order valence-electron chi connectivity index (χ3n) is 2.29. The molecule has 2 rings (SSSR count). The van der Waals surface area contributed by atoms with Crippen molar-refractivity contribution >= 4 is 11.9 Å². The molecular weight excluding hydrogens is 216 g/mol. The van der Waals surface area contributed by atoms with E-state index in [1.807, 2.05) is 0 Å². The summed E-state index contributed by atoms with van der Waals surface area (Å²) in [5.74, 6) is -2.22. The lowest BCUT2D eigenvalue weighted by atomic mass is 10.0. The zero-order valence-corrected chi connectivity index (χ0v) is 8.26. The molecule has 1 unspecified atom stereocenters. The fraction of sp³-hybridized carbons (Fsp3) is 0.200. The van der Waals surface area contributed by atoms with Gasteiger partial charge in [-0.2, -0.15) is 0 Å². The Morgan fingerprint density at radius 3 is 2.75 bits per heavy atom. The van der Waals surface area contributed by atoms with Crippen LogP contribution in [0.25, 0.3) is 0 Å². The van der Waals surface area contributed by atoms with Crippen molar-refractivity contribution in [3.05, 3.63) is 23.3 Å². The molecule has 2 N–H and O–H groups in total. The zero-order chi connectivity index (χ0) is 11.9. The summed E-state index contributed by atoms with van der Waals surface area (Å²) in [7, 11) is 1.37. The molecule has 0 aromatic heterocycles. The van der Waals surface area contributed by atoms with Crippen molar-refractivity contribution in [1.29, 1.82) is 0 Å². The highest BCUT2D eigenvalue weighted by Gasteiger charge is 2.38. The highest BCUT2D eigenvalue weighted by molar-refractivity contribution is 6.01. The molecule has 6 heteroatoms. The van der Waals surface area contributed by atoms with Crippen LogP contribution in [0.5, 0.6) is 11.5 Å². The molecule has 0 saturated heterocycles. The largest absolute Gasteiger partial charge is 0.507 e. The quantitative estimate of drug-likeness (QED) is 0.718. The summed E-state index contributed by atoms with van der Waals surface area (Å²) in [6.45, 7) is 0. The Morgan fingerprint density at radius 2 is 2.19 bits per heavy atom. The molecule has 0 spiro atoms. The van der Waals surface area contributed by atoms with Gasteiger partial charge in [-0.15, -0.1) is 0 Å². The number of hydrogen-bond acceptors (Lipinski definition) is 5. The first kappa shape index (κ1) is 10.3. The van der Waals surface area contributed by atoms with Gasteiger partial charge in [0.05, 0.1) is 7.11 Å². The lowest BCUT2D eigenvalue weighted by Gasteiger charge is -2.06. The van der Waals surface area contributed by atoms with E-state index in [0.717, 1.165) is 0 Å². The Kier molecular flexibility index (Phi) is 2.19. The van der Waals surface area contributed by atoms with E-state index in [-0.39, 0.29) is 22.6 Å². The van der Waals surface area contributed by atoms with E-state index in [0.29, 0.717) is 0 Å². The number of rotatable bonds is 2. The van der Waals surface area contributed by atoms with Crippen LogP contribution < -0.4 is 4.74 Å². The monoisotopic (exact) mass is 224 g/mol. The summed E-state index contributed by atoms with van der Waals surface area (Å²) < 4.78 is 9.48. The van der Waals surface area contributed by atoms with Gasteiger partial charge in [-0.3, -0.25) is 0 Å². The number of phenols is 1. The third kappa shape index (κ3) is 1.35. The van der Waals surface area contributed by atoms with Gasteiger partial charge in [-0.1, -0.05) is 0 Å². The molecule has 1 aromatic rings. The fourth-order valence-corrected chi connectivity index (χ4v) is 1.58. The highest BCUT2D eigenvalue weighted by Crippen LogP contribution is 2.39. The van der Waals surface area contributed by atoms with Crippen LogP contribution in [-0.4, -0.2) is 29.3 Å². The number of methoxy groups -OCH3 is 1. The Hall–Kier alpha value is -2.24. The molecule has 0 radical (unpaired) electrons. The number of cyclic esters (lactones) is 1. The maximum atomic E-state index is 11.3. The Labute approximate surface area is 90.0 Å². The van der Waals surface area contributed by atoms with Crippen LogP contribution in [-0.2, 0) is 9.53 Å². The van der Waals surface area contributed by atoms with Gasteiger partial charge in [-0.25, -0.2) is 9.59 Å². The second-order valence-electron chi connectivity index (χ2n) is 3.23. The van der Waals surface area contributed by atoms with Crippen LogP contribution in [0.1, 0.15) is 22.0 Å². The SMILES string of the molecule is COc1cc(O)c2c(c1)C(C(=O)O)OC2=O. The van der Waals surface area contributed by atoms with Crippen LogP contribution in [0, 0.1) is 0 Å². The first-order valence-electron chi connectivity index (χ1n) is 4.39. The van der Waals surface area contributed by atoms with Crippen LogP contribution in [0.15, 0.2) is 12.1 Å². The predicted molar refractivity (Wildman–Crippen MR) is 50.5 cm³/mol. The molecule has 0 bridgehead atoms. The lowest BCUT2D eigenvalue weighted by Crippen LogP contribution is -2.10. The first-order chi connectivity index (χ1) is 7.54. The van der Waals surface area contributed by atoms with Gasteiger partial charge < -0.3 is 19.7 Å². The number of aromatic hydroxyl groups is 1. The number of carboxylic acids is 1. The summed E-state index contributed by atoms with van der Waals surface area (Å²) in [5, 5.41) is 18.4. The number of benzene rings is 1. The zero-order valence-electron chi connectivity index (χ0n) is 8.26. The number of phenolic OH excluding ortho intramolecular Hbond substituents is 1. The summed E-state index contributed by atoms with van der Waals surface area (Å²) in [6.07, 6.45) is -1.39. The van der Waals surface area contributed by atoms with E-state index in [1.54, 1.807) is 0 Å². The molecular formula is C10H8O6. The van der Waals surface area contributed by atoms with Crippen molar-refractivity contribution in [2.24, 2.45) is 0 Å². The van der Waals surface area contributed by atoms with Gasteiger partial charge in [0.1, 0.15) is 17.1 Å². The number of aliphatic carboxylic acids is 1. The van der Waals surface area contributed by atoms with Crippen LogP contribution in [0.4, 0.5) is 0 Å². The molecule has 1 aromatic carbocycles.